The Labute approximate surface area is 101 Å². The first-order valence-corrected chi connectivity index (χ1v) is 6.90. The van der Waals surface area contributed by atoms with Gasteiger partial charge in [0.1, 0.15) is 0 Å². The highest BCUT2D eigenvalue weighted by Gasteiger charge is 2.11. The van der Waals surface area contributed by atoms with Crippen LogP contribution in [0.3, 0.4) is 0 Å². The monoisotopic (exact) mass is 232 g/mol. The zero-order valence-corrected chi connectivity index (χ0v) is 11.6. The third kappa shape index (κ3) is 3.32. The van der Waals surface area contributed by atoms with Crippen LogP contribution in [0.2, 0.25) is 0 Å². The molecule has 1 unspecified atom stereocenters. The molecule has 0 amide bonds. The third-order valence-electron chi connectivity index (χ3n) is 2.84. The summed E-state index contributed by atoms with van der Waals surface area (Å²) >= 11 is 0. The second-order valence-electron chi connectivity index (χ2n) is 3.98. The zero-order chi connectivity index (χ0) is 12.0. The Bertz CT molecular complexity index is 371. The highest BCUT2D eigenvalue weighted by molar-refractivity contribution is 7.30. The molecule has 0 aliphatic carbocycles. The molecule has 0 radical (unpaired) electrons. The van der Waals surface area contributed by atoms with Gasteiger partial charge in [0.05, 0.1) is 0 Å². The van der Waals surface area contributed by atoms with Crippen LogP contribution in [-0.2, 0) is 0 Å². The summed E-state index contributed by atoms with van der Waals surface area (Å²) in [5.74, 6) is 2.90. The highest BCUT2D eigenvalue weighted by Crippen LogP contribution is 2.31. The quantitative estimate of drug-likeness (QED) is 0.593. The van der Waals surface area contributed by atoms with E-state index in [-0.39, 0.29) is 0 Å². The van der Waals surface area contributed by atoms with Crippen LogP contribution in [0.15, 0.2) is 41.7 Å². The molecule has 0 saturated carbocycles. The summed E-state index contributed by atoms with van der Waals surface area (Å²) in [6, 6.07) is 4.51. The Morgan fingerprint density at radius 1 is 1.38 bits per heavy atom. The lowest BCUT2D eigenvalue weighted by Crippen LogP contribution is -1.99. The molecular weight excluding hydrogens is 211 g/mol. The van der Waals surface area contributed by atoms with Gasteiger partial charge < -0.3 is 0 Å². The number of hydrogen-bond donors (Lipinski definition) is 0. The molecule has 0 aromatic carbocycles. The molecule has 0 fully saturated rings. The maximum absolute atomic E-state index is 2.34. The van der Waals surface area contributed by atoms with E-state index in [1.54, 1.807) is 0 Å². The van der Waals surface area contributed by atoms with Crippen molar-refractivity contribution in [2.45, 2.75) is 40.0 Å². The Balaban J connectivity index is 3.02. The lowest BCUT2D eigenvalue weighted by atomic mass is 9.90. The molecule has 0 bridgehead atoms. The van der Waals surface area contributed by atoms with Gasteiger partial charge in [0.15, 0.2) is 0 Å². The van der Waals surface area contributed by atoms with E-state index in [0.29, 0.717) is 5.92 Å². The largest absolute Gasteiger partial charge is 0.0874 e. The Kier molecular flexibility index (Phi) is 5.49. The number of hydrogen-bond acceptors (Lipinski definition) is 0. The summed E-state index contributed by atoms with van der Waals surface area (Å²) in [5, 5.41) is 1.42. The summed E-state index contributed by atoms with van der Waals surface area (Å²) in [5.41, 5.74) is 2.89. The van der Waals surface area contributed by atoms with Gasteiger partial charge in [-0.25, -0.2) is 0 Å². The Morgan fingerprint density at radius 2 is 2.12 bits per heavy atom. The molecule has 1 heterocycles. The molecule has 0 spiro atoms. The van der Waals surface area contributed by atoms with Gasteiger partial charge in [0, 0.05) is 5.92 Å². The van der Waals surface area contributed by atoms with Gasteiger partial charge in [0.2, 0.25) is 0 Å². The van der Waals surface area contributed by atoms with Gasteiger partial charge >= 0.3 is 0 Å². The zero-order valence-electron chi connectivity index (χ0n) is 10.7. The van der Waals surface area contributed by atoms with Crippen molar-refractivity contribution in [1.29, 1.82) is 0 Å². The average molecular weight is 232 g/mol. The van der Waals surface area contributed by atoms with Gasteiger partial charge in [-0.15, -0.1) is 0 Å². The van der Waals surface area contributed by atoms with Crippen LogP contribution in [0.1, 0.15) is 44.0 Å². The average Bonchev–Trinajstić information content (AvgIpc) is 2.31. The van der Waals surface area contributed by atoms with Crippen molar-refractivity contribution in [3.05, 3.63) is 52.6 Å². The predicted molar refractivity (Wildman–Crippen MR) is 75.3 cm³/mol. The fourth-order valence-electron chi connectivity index (χ4n) is 1.96. The molecule has 86 valence electrons. The fraction of sp³-hybridized carbons (Fsp3) is 0.400. The lowest BCUT2D eigenvalue weighted by molar-refractivity contribution is 0.776. The van der Waals surface area contributed by atoms with E-state index in [0.717, 1.165) is 6.42 Å². The molecule has 0 saturated heterocycles. The fourth-order valence-corrected chi connectivity index (χ4v) is 2.73. The topological polar surface area (TPSA) is 0 Å². The van der Waals surface area contributed by atoms with Crippen LogP contribution < -0.4 is 0 Å². The molecule has 0 N–H and O–H groups in total. The summed E-state index contributed by atoms with van der Waals surface area (Å²) < 4.78 is 0. The second kappa shape index (κ2) is 6.66. The summed E-state index contributed by atoms with van der Waals surface area (Å²) in [6.45, 7) is 8.64. The molecule has 1 aromatic heterocycles. The van der Waals surface area contributed by atoms with Crippen molar-refractivity contribution in [2.75, 3.05) is 0 Å². The van der Waals surface area contributed by atoms with Crippen LogP contribution in [0.5, 0.6) is 0 Å². The van der Waals surface area contributed by atoms with Crippen molar-refractivity contribution in [2.24, 2.45) is 0 Å². The van der Waals surface area contributed by atoms with Gasteiger partial charge in [-0.2, -0.15) is 0 Å². The van der Waals surface area contributed by atoms with E-state index < -0.39 is 0 Å². The molecule has 1 atom stereocenters. The first-order chi connectivity index (χ1) is 7.72. The first-order valence-electron chi connectivity index (χ1n) is 5.94. The minimum atomic E-state index is 0.554. The van der Waals surface area contributed by atoms with Gasteiger partial charge in [-0.1, -0.05) is 45.5 Å². The van der Waals surface area contributed by atoms with Crippen molar-refractivity contribution >= 4 is 8.19 Å². The minimum absolute atomic E-state index is 0.554. The van der Waals surface area contributed by atoms with E-state index in [1.807, 2.05) is 0 Å². The highest BCUT2D eigenvalue weighted by atomic mass is 31.0. The van der Waals surface area contributed by atoms with Crippen molar-refractivity contribution < 1.29 is 0 Å². The number of rotatable bonds is 4. The van der Waals surface area contributed by atoms with Gasteiger partial charge in [-0.05, 0) is 49.4 Å². The summed E-state index contributed by atoms with van der Waals surface area (Å²) in [4.78, 5) is 0. The molecule has 1 aromatic rings. The predicted octanol–water partition coefficient (Wildman–Crippen LogP) is 5.59. The molecule has 1 rings (SSSR count). The molecule has 0 nitrogen and oxygen atoms in total. The van der Waals surface area contributed by atoms with Crippen molar-refractivity contribution in [3.63, 3.8) is 0 Å². The van der Waals surface area contributed by atoms with E-state index in [4.69, 9.17) is 0 Å². The number of aryl methyl sites for hydroxylation is 1. The smallest absolute Gasteiger partial charge is 0.00868 e. The van der Waals surface area contributed by atoms with Crippen LogP contribution in [0.25, 0.3) is 0 Å². The maximum Gasteiger partial charge on any atom is 0.00868 e. The molecule has 0 aliphatic heterocycles. The van der Waals surface area contributed by atoms with Crippen LogP contribution in [-0.4, -0.2) is 0 Å². The van der Waals surface area contributed by atoms with E-state index in [1.165, 1.54) is 24.6 Å². The summed E-state index contributed by atoms with van der Waals surface area (Å²) in [6.07, 6.45) is 7.74. The van der Waals surface area contributed by atoms with Gasteiger partial charge in [0.25, 0.3) is 0 Å². The molecule has 1 heteroatoms. The normalized spacial score (nSPS) is 14.9. The molecular formula is C15H21P. The SMILES string of the molecule is C/C=C\C(=C/C)C(CC)c1ccc(C)pc1. The van der Waals surface area contributed by atoms with Crippen LogP contribution in [0.4, 0.5) is 0 Å². The van der Waals surface area contributed by atoms with E-state index in [9.17, 15) is 0 Å². The van der Waals surface area contributed by atoms with E-state index in [2.05, 4.69) is 63.9 Å². The standard InChI is InChI=1S/C15H21P/c1-5-8-13(6-2)15(7-3)14-10-9-12(4)16-11-14/h5-6,8-11,15H,7H2,1-4H3/b8-5-,13-6+. The molecule has 0 aliphatic rings. The summed E-state index contributed by atoms with van der Waals surface area (Å²) in [7, 11) is 1.35. The second-order valence-corrected chi connectivity index (χ2v) is 5.20. The van der Waals surface area contributed by atoms with Gasteiger partial charge in [-0.3, -0.25) is 0 Å². The third-order valence-corrected chi connectivity index (χ3v) is 3.82. The van der Waals surface area contributed by atoms with Crippen molar-refractivity contribution in [3.8, 4) is 0 Å². The lowest BCUT2D eigenvalue weighted by Gasteiger charge is -2.16. The first kappa shape index (κ1) is 13.2. The van der Waals surface area contributed by atoms with Crippen molar-refractivity contribution in [1.82, 2.24) is 0 Å². The van der Waals surface area contributed by atoms with Crippen LogP contribution >= 0.6 is 8.19 Å². The van der Waals surface area contributed by atoms with E-state index >= 15 is 0 Å². The molecule has 16 heavy (non-hydrogen) atoms. The Morgan fingerprint density at radius 3 is 2.56 bits per heavy atom. The maximum atomic E-state index is 2.34. The van der Waals surface area contributed by atoms with Crippen LogP contribution in [0, 0.1) is 6.92 Å². The Hall–Kier alpha value is -0.870. The number of allylic oxidation sites excluding steroid dienone is 4. The minimum Gasteiger partial charge on any atom is -0.0874 e.